The number of carbonyl (C=O) groups excluding carboxylic acids is 1. The largest absolute Gasteiger partial charge is 0.474 e. The minimum Gasteiger partial charge on any atom is -0.474 e. The van der Waals surface area contributed by atoms with E-state index in [4.69, 9.17) is 4.74 Å². The second-order valence-electron chi connectivity index (χ2n) is 7.11. The minimum absolute atomic E-state index is 0.0150. The van der Waals surface area contributed by atoms with Crippen LogP contribution < -0.4 is 4.74 Å². The molecule has 0 spiro atoms. The SMILES string of the molecule is Cc1ncc(C(=O)N2CCC(Oc3ncccc3C)CC2)c(C(C)C)n1. The van der Waals surface area contributed by atoms with Gasteiger partial charge in [-0.2, -0.15) is 0 Å². The number of aromatic nitrogens is 3. The quantitative estimate of drug-likeness (QED) is 0.843. The fourth-order valence-electron chi connectivity index (χ4n) is 3.19. The normalized spacial score (nSPS) is 15.3. The second kappa shape index (κ2) is 7.81. The number of carbonyl (C=O) groups is 1. The van der Waals surface area contributed by atoms with Gasteiger partial charge in [0.05, 0.1) is 11.3 Å². The molecule has 0 aromatic carbocycles. The molecule has 6 heteroatoms. The fourth-order valence-corrected chi connectivity index (χ4v) is 3.19. The van der Waals surface area contributed by atoms with Crippen LogP contribution in [0.25, 0.3) is 0 Å². The molecule has 26 heavy (non-hydrogen) atoms. The number of pyridine rings is 1. The van der Waals surface area contributed by atoms with E-state index in [-0.39, 0.29) is 17.9 Å². The van der Waals surface area contributed by atoms with Gasteiger partial charge < -0.3 is 9.64 Å². The Morgan fingerprint density at radius 2 is 1.96 bits per heavy atom. The maximum absolute atomic E-state index is 12.9. The first-order valence-electron chi connectivity index (χ1n) is 9.16. The summed E-state index contributed by atoms with van der Waals surface area (Å²) in [4.78, 5) is 27.8. The van der Waals surface area contributed by atoms with E-state index in [0.717, 1.165) is 24.1 Å². The minimum atomic E-state index is 0.0150. The summed E-state index contributed by atoms with van der Waals surface area (Å²) < 4.78 is 6.02. The molecule has 2 aromatic rings. The van der Waals surface area contributed by atoms with Gasteiger partial charge in [-0.25, -0.2) is 15.0 Å². The Kier molecular flexibility index (Phi) is 5.49. The number of hydrogen-bond donors (Lipinski definition) is 0. The lowest BCUT2D eigenvalue weighted by Gasteiger charge is -2.32. The first-order chi connectivity index (χ1) is 12.5. The van der Waals surface area contributed by atoms with Gasteiger partial charge in [0.25, 0.3) is 5.91 Å². The van der Waals surface area contributed by atoms with Crippen molar-refractivity contribution in [3.05, 3.63) is 47.2 Å². The maximum Gasteiger partial charge on any atom is 0.257 e. The maximum atomic E-state index is 12.9. The summed E-state index contributed by atoms with van der Waals surface area (Å²) in [6, 6.07) is 3.89. The highest BCUT2D eigenvalue weighted by atomic mass is 16.5. The Hall–Kier alpha value is -2.50. The van der Waals surface area contributed by atoms with E-state index in [9.17, 15) is 4.79 Å². The zero-order valence-electron chi connectivity index (χ0n) is 15.9. The molecule has 3 heterocycles. The predicted octanol–water partition coefficient (Wildman–Crippen LogP) is 3.30. The molecule has 1 amide bonds. The van der Waals surface area contributed by atoms with Crippen molar-refractivity contribution in [3.8, 4) is 5.88 Å². The molecule has 0 unspecified atom stereocenters. The number of nitrogens with zero attached hydrogens (tertiary/aromatic N) is 4. The van der Waals surface area contributed by atoms with Crippen LogP contribution in [0, 0.1) is 13.8 Å². The topological polar surface area (TPSA) is 68.2 Å². The Labute approximate surface area is 154 Å². The Morgan fingerprint density at radius 1 is 1.23 bits per heavy atom. The van der Waals surface area contributed by atoms with Gasteiger partial charge >= 0.3 is 0 Å². The average molecular weight is 354 g/mol. The van der Waals surface area contributed by atoms with Crippen molar-refractivity contribution in [2.75, 3.05) is 13.1 Å². The van der Waals surface area contributed by atoms with Gasteiger partial charge in [-0.3, -0.25) is 4.79 Å². The lowest BCUT2D eigenvalue weighted by molar-refractivity contribution is 0.0584. The van der Waals surface area contributed by atoms with Crippen molar-refractivity contribution < 1.29 is 9.53 Å². The van der Waals surface area contributed by atoms with E-state index in [1.54, 1.807) is 12.4 Å². The summed E-state index contributed by atoms with van der Waals surface area (Å²) in [5, 5.41) is 0. The Morgan fingerprint density at radius 3 is 2.62 bits per heavy atom. The second-order valence-corrected chi connectivity index (χ2v) is 7.11. The van der Waals surface area contributed by atoms with Gasteiger partial charge in [-0.1, -0.05) is 19.9 Å². The van der Waals surface area contributed by atoms with Crippen molar-refractivity contribution in [1.29, 1.82) is 0 Å². The summed E-state index contributed by atoms with van der Waals surface area (Å²) in [5.41, 5.74) is 2.47. The van der Waals surface area contributed by atoms with Crippen LogP contribution in [0.15, 0.2) is 24.5 Å². The van der Waals surface area contributed by atoms with Crippen LogP contribution in [-0.2, 0) is 0 Å². The third-order valence-electron chi connectivity index (χ3n) is 4.68. The molecule has 0 aliphatic carbocycles. The fraction of sp³-hybridized carbons (Fsp3) is 0.500. The van der Waals surface area contributed by atoms with Crippen LogP contribution in [0.2, 0.25) is 0 Å². The number of hydrogen-bond acceptors (Lipinski definition) is 5. The van der Waals surface area contributed by atoms with Gasteiger partial charge in [0.15, 0.2) is 0 Å². The smallest absolute Gasteiger partial charge is 0.257 e. The van der Waals surface area contributed by atoms with Gasteiger partial charge in [-0.15, -0.1) is 0 Å². The summed E-state index contributed by atoms with van der Waals surface area (Å²) in [6.07, 6.45) is 5.09. The highest BCUT2D eigenvalue weighted by Crippen LogP contribution is 2.23. The van der Waals surface area contributed by atoms with Crippen molar-refractivity contribution in [2.24, 2.45) is 0 Å². The molecule has 0 bridgehead atoms. The summed E-state index contributed by atoms with van der Waals surface area (Å²) in [5.74, 6) is 1.58. The van der Waals surface area contributed by atoms with Crippen LogP contribution in [0.1, 0.15) is 60.0 Å². The summed E-state index contributed by atoms with van der Waals surface area (Å²) in [7, 11) is 0. The molecule has 0 N–H and O–H groups in total. The van der Waals surface area contributed by atoms with Crippen molar-refractivity contribution in [1.82, 2.24) is 19.9 Å². The highest BCUT2D eigenvalue weighted by molar-refractivity contribution is 5.95. The van der Waals surface area contributed by atoms with E-state index < -0.39 is 0 Å². The van der Waals surface area contributed by atoms with E-state index in [0.29, 0.717) is 30.4 Å². The molecule has 3 rings (SSSR count). The molecule has 1 aliphatic heterocycles. The molecule has 1 aliphatic rings. The van der Waals surface area contributed by atoms with E-state index in [1.165, 1.54) is 0 Å². The highest BCUT2D eigenvalue weighted by Gasteiger charge is 2.27. The molecule has 0 saturated carbocycles. The average Bonchev–Trinajstić information content (AvgIpc) is 2.63. The number of aryl methyl sites for hydroxylation is 2. The van der Waals surface area contributed by atoms with E-state index in [1.807, 2.05) is 44.7 Å². The molecule has 0 radical (unpaired) electrons. The summed E-state index contributed by atoms with van der Waals surface area (Å²) in [6.45, 7) is 9.28. The third-order valence-corrected chi connectivity index (χ3v) is 4.68. The lowest BCUT2D eigenvalue weighted by atomic mass is 10.0. The molecule has 138 valence electrons. The van der Waals surface area contributed by atoms with Crippen LogP contribution in [0.4, 0.5) is 0 Å². The third kappa shape index (κ3) is 4.00. The van der Waals surface area contributed by atoms with Crippen LogP contribution >= 0.6 is 0 Å². The summed E-state index contributed by atoms with van der Waals surface area (Å²) >= 11 is 0. The molecule has 6 nitrogen and oxygen atoms in total. The molecular formula is C20H26N4O2. The van der Waals surface area contributed by atoms with Gasteiger partial charge in [0, 0.05) is 43.9 Å². The first-order valence-corrected chi connectivity index (χ1v) is 9.16. The number of likely N-dealkylation sites (tertiary alicyclic amines) is 1. The van der Waals surface area contributed by atoms with Gasteiger partial charge in [-0.05, 0) is 25.8 Å². The molecule has 0 atom stereocenters. The van der Waals surface area contributed by atoms with Crippen molar-refractivity contribution in [2.45, 2.75) is 52.6 Å². The zero-order chi connectivity index (χ0) is 18.7. The van der Waals surface area contributed by atoms with Gasteiger partial charge in [0.1, 0.15) is 11.9 Å². The lowest BCUT2D eigenvalue weighted by Crippen LogP contribution is -2.42. The van der Waals surface area contributed by atoms with Gasteiger partial charge in [0.2, 0.25) is 5.88 Å². The Balaban J connectivity index is 1.65. The number of ether oxygens (including phenoxy) is 1. The van der Waals surface area contributed by atoms with E-state index in [2.05, 4.69) is 15.0 Å². The molecule has 1 fully saturated rings. The predicted molar refractivity (Wildman–Crippen MR) is 99.4 cm³/mol. The molecule has 1 saturated heterocycles. The zero-order valence-corrected chi connectivity index (χ0v) is 15.9. The number of amides is 1. The number of piperidine rings is 1. The first kappa shape index (κ1) is 18.3. The van der Waals surface area contributed by atoms with Crippen LogP contribution in [-0.4, -0.2) is 45.0 Å². The standard InChI is InChI=1S/C20H26N4O2/c1-13(2)18-17(12-22-15(4)23-18)20(25)24-10-7-16(8-11-24)26-19-14(3)6-5-9-21-19/h5-6,9,12-13,16H,7-8,10-11H2,1-4H3. The van der Waals surface area contributed by atoms with Crippen LogP contribution in [0.5, 0.6) is 5.88 Å². The molecular weight excluding hydrogens is 328 g/mol. The van der Waals surface area contributed by atoms with Crippen LogP contribution in [0.3, 0.4) is 0 Å². The van der Waals surface area contributed by atoms with Crippen molar-refractivity contribution >= 4 is 5.91 Å². The molecule has 2 aromatic heterocycles. The van der Waals surface area contributed by atoms with Crippen molar-refractivity contribution in [3.63, 3.8) is 0 Å². The van der Waals surface area contributed by atoms with E-state index >= 15 is 0 Å². The number of rotatable bonds is 4. The Bertz CT molecular complexity index is 783. The monoisotopic (exact) mass is 354 g/mol.